The molecule has 0 atom stereocenters. The summed E-state index contributed by atoms with van der Waals surface area (Å²) in [5.74, 6) is -0.451. The fourth-order valence-electron chi connectivity index (χ4n) is 1.09. The largest absolute Gasteiger partial charge is 0.366 e. The summed E-state index contributed by atoms with van der Waals surface area (Å²) in [4.78, 5) is 10.9. The van der Waals surface area contributed by atoms with Gasteiger partial charge in [0.25, 0.3) is 0 Å². The monoisotopic (exact) mass is 223 g/mol. The van der Waals surface area contributed by atoms with E-state index in [4.69, 9.17) is 18.0 Å². The Hall–Kier alpha value is -1.62. The number of primary amides is 1. The van der Waals surface area contributed by atoms with Crippen LogP contribution in [0.4, 0.5) is 5.69 Å². The topological polar surface area (TPSA) is 67.2 Å². The maximum Gasteiger partial charge on any atom is 0.248 e. The standard InChI is InChI=1S/C10H13N3OS/c1-2-12-10(15)13-8-5-3-4-7(6-8)9(11)14/h3-6H,2H2,1H3,(H2,11,14)(H2,12,13,15). The Morgan fingerprint density at radius 3 is 2.87 bits per heavy atom. The summed E-state index contributed by atoms with van der Waals surface area (Å²) in [7, 11) is 0. The molecule has 0 spiro atoms. The SMILES string of the molecule is CCNC(=S)Nc1cccc(C(N)=O)c1. The summed E-state index contributed by atoms with van der Waals surface area (Å²) in [6.45, 7) is 2.70. The molecule has 1 aromatic rings. The van der Waals surface area contributed by atoms with E-state index in [2.05, 4.69) is 10.6 Å². The Morgan fingerprint density at radius 2 is 2.27 bits per heavy atom. The van der Waals surface area contributed by atoms with Crippen LogP contribution in [-0.2, 0) is 0 Å². The van der Waals surface area contributed by atoms with Crippen LogP contribution in [0.1, 0.15) is 17.3 Å². The first-order chi connectivity index (χ1) is 7.13. The van der Waals surface area contributed by atoms with Gasteiger partial charge in [-0.15, -0.1) is 0 Å². The Kier molecular flexibility index (Phi) is 4.05. The normalized spacial score (nSPS) is 9.40. The van der Waals surface area contributed by atoms with Gasteiger partial charge in [-0.1, -0.05) is 6.07 Å². The van der Waals surface area contributed by atoms with E-state index >= 15 is 0 Å². The van der Waals surface area contributed by atoms with Crippen LogP contribution in [0.15, 0.2) is 24.3 Å². The predicted molar refractivity (Wildman–Crippen MR) is 64.9 cm³/mol. The second-order valence-corrected chi connectivity index (χ2v) is 3.34. The first-order valence-electron chi connectivity index (χ1n) is 4.58. The van der Waals surface area contributed by atoms with Crippen molar-refractivity contribution >= 4 is 28.9 Å². The zero-order valence-electron chi connectivity index (χ0n) is 8.41. The minimum absolute atomic E-state index is 0.451. The molecule has 0 fully saturated rings. The third kappa shape index (κ3) is 3.55. The van der Waals surface area contributed by atoms with Crippen LogP contribution in [0.2, 0.25) is 0 Å². The van der Waals surface area contributed by atoms with Crippen molar-refractivity contribution < 1.29 is 4.79 Å². The summed E-state index contributed by atoms with van der Waals surface area (Å²) in [6, 6.07) is 6.88. The number of carbonyl (C=O) groups excluding carboxylic acids is 1. The van der Waals surface area contributed by atoms with E-state index in [9.17, 15) is 4.79 Å². The molecule has 15 heavy (non-hydrogen) atoms. The Morgan fingerprint density at radius 1 is 1.53 bits per heavy atom. The van der Waals surface area contributed by atoms with Gasteiger partial charge in [0, 0.05) is 17.8 Å². The molecule has 1 aromatic carbocycles. The maximum absolute atomic E-state index is 10.9. The quantitative estimate of drug-likeness (QED) is 0.671. The van der Waals surface area contributed by atoms with Crippen molar-refractivity contribution in [2.24, 2.45) is 5.73 Å². The molecule has 0 aromatic heterocycles. The molecule has 1 amide bonds. The minimum Gasteiger partial charge on any atom is -0.366 e. The van der Waals surface area contributed by atoms with Crippen LogP contribution in [0.5, 0.6) is 0 Å². The highest BCUT2D eigenvalue weighted by Gasteiger charge is 2.01. The molecule has 1 rings (SSSR count). The lowest BCUT2D eigenvalue weighted by Gasteiger charge is -2.09. The number of hydrogen-bond donors (Lipinski definition) is 3. The van der Waals surface area contributed by atoms with E-state index < -0.39 is 5.91 Å². The van der Waals surface area contributed by atoms with Crippen molar-refractivity contribution in [2.45, 2.75) is 6.92 Å². The molecule has 0 saturated carbocycles. The molecular weight excluding hydrogens is 210 g/mol. The molecule has 80 valence electrons. The van der Waals surface area contributed by atoms with Crippen molar-refractivity contribution in [1.29, 1.82) is 0 Å². The molecule has 0 radical (unpaired) electrons. The van der Waals surface area contributed by atoms with E-state index in [1.807, 2.05) is 13.0 Å². The number of hydrogen-bond acceptors (Lipinski definition) is 2. The molecule has 0 unspecified atom stereocenters. The van der Waals surface area contributed by atoms with Crippen LogP contribution < -0.4 is 16.4 Å². The van der Waals surface area contributed by atoms with Gasteiger partial charge in [-0.3, -0.25) is 4.79 Å². The van der Waals surface area contributed by atoms with Gasteiger partial charge in [0.05, 0.1) is 0 Å². The molecule has 0 bridgehead atoms. The van der Waals surface area contributed by atoms with Crippen LogP contribution in [0, 0.1) is 0 Å². The van der Waals surface area contributed by atoms with Crippen molar-refractivity contribution in [3.8, 4) is 0 Å². The fourth-order valence-corrected chi connectivity index (χ4v) is 1.35. The number of amides is 1. The molecule has 0 aliphatic rings. The highest BCUT2D eigenvalue weighted by atomic mass is 32.1. The first kappa shape index (κ1) is 11.5. The molecule has 4 N–H and O–H groups in total. The number of rotatable bonds is 3. The molecule has 5 heteroatoms. The summed E-state index contributed by atoms with van der Waals surface area (Å²) in [5.41, 5.74) is 6.36. The lowest BCUT2D eigenvalue weighted by Crippen LogP contribution is -2.28. The number of carbonyl (C=O) groups is 1. The number of thiocarbonyl (C=S) groups is 1. The maximum atomic E-state index is 10.9. The average molecular weight is 223 g/mol. The van der Waals surface area contributed by atoms with E-state index in [1.54, 1.807) is 18.2 Å². The van der Waals surface area contributed by atoms with E-state index in [0.29, 0.717) is 10.7 Å². The van der Waals surface area contributed by atoms with Crippen LogP contribution in [-0.4, -0.2) is 17.6 Å². The van der Waals surface area contributed by atoms with E-state index in [0.717, 1.165) is 12.2 Å². The summed E-state index contributed by atoms with van der Waals surface area (Å²) in [6.07, 6.45) is 0. The van der Waals surface area contributed by atoms with Crippen LogP contribution in [0.25, 0.3) is 0 Å². The molecular formula is C10H13N3OS. The molecule has 0 heterocycles. The number of anilines is 1. The summed E-state index contributed by atoms with van der Waals surface area (Å²) >= 11 is 5.01. The minimum atomic E-state index is -0.451. The smallest absolute Gasteiger partial charge is 0.248 e. The molecule has 0 aliphatic heterocycles. The van der Waals surface area contributed by atoms with Gasteiger partial charge in [0.1, 0.15) is 0 Å². The molecule has 0 aliphatic carbocycles. The predicted octanol–water partition coefficient (Wildman–Crippen LogP) is 1.09. The summed E-state index contributed by atoms with van der Waals surface area (Å²) in [5, 5.41) is 6.42. The highest BCUT2D eigenvalue weighted by Crippen LogP contribution is 2.09. The van der Waals surface area contributed by atoms with E-state index in [1.165, 1.54) is 0 Å². The fraction of sp³-hybridized carbons (Fsp3) is 0.200. The van der Waals surface area contributed by atoms with Gasteiger partial charge >= 0.3 is 0 Å². The third-order valence-electron chi connectivity index (χ3n) is 1.74. The van der Waals surface area contributed by atoms with Crippen LogP contribution in [0.3, 0.4) is 0 Å². The Labute approximate surface area is 93.9 Å². The second kappa shape index (κ2) is 5.31. The highest BCUT2D eigenvalue weighted by molar-refractivity contribution is 7.80. The van der Waals surface area contributed by atoms with Crippen molar-refractivity contribution in [1.82, 2.24) is 5.32 Å². The van der Waals surface area contributed by atoms with Crippen LogP contribution >= 0.6 is 12.2 Å². The van der Waals surface area contributed by atoms with Gasteiger partial charge in [-0.25, -0.2) is 0 Å². The number of nitrogens with one attached hydrogen (secondary N) is 2. The first-order valence-corrected chi connectivity index (χ1v) is 4.99. The summed E-state index contributed by atoms with van der Waals surface area (Å²) < 4.78 is 0. The average Bonchev–Trinajstić information content (AvgIpc) is 2.18. The van der Waals surface area contributed by atoms with Crippen molar-refractivity contribution in [2.75, 3.05) is 11.9 Å². The molecule has 0 saturated heterocycles. The molecule has 4 nitrogen and oxygen atoms in total. The van der Waals surface area contributed by atoms with Crippen molar-refractivity contribution in [3.05, 3.63) is 29.8 Å². The van der Waals surface area contributed by atoms with Gasteiger partial charge < -0.3 is 16.4 Å². The lowest BCUT2D eigenvalue weighted by molar-refractivity contribution is 0.100. The second-order valence-electron chi connectivity index (χ2n) is 2.93. The van der Waals surface area contributed by atoms with Gasteiger partial charge in [-0.05, 0) is 37.3 Å². The van der Waals surface area contributed by atoms with Gasteiger partial charge in [0.15, 0.2) is 5.11 Å². The Balaban J connectivity index is 2.73. The third-order valence-corrected chi connectivity index (χ3v) is 1.99. The number of nitrogens with two attached hydrogens (primary N) is 1. The van der Waals surface area contributed by atoms with Crippen molar-refractivity contribution in [3.63, 3.8) is 0 Å². The van der Waals surface area contributed by atoms with Gasteiger partial charge in [-0.2, -0.15) is 0 Å². The zero-order chi connectivity index (χ0) is 11.3. The number of benzene rings is 1. The van der Waals surface area contributed by atoms with E-state index in [-0.39, 0.29) is 0 Å². The Bertz CT molecular complexity index is 379. The lowest BCUT2D eigenvalue weighted by atomic mass is 10.2. The van der Waals surface area contributed by atoms with Gasteiger partial charge in [0.2, 0.25) is 5.91 Å². The zero-order valence-corrected chi connectivity index (χ0v) is 9.23.